The lowest BCUT2D eigenvalue weighted by atomic mass is 9.94. The van der Waals surface area contributed by atoms with Crippen molar-refractivity contribution in [2.24, 2.45) is 0 Å². The summed E-state index contributed by atoms with van der Waals surface area (Å²) in [6.45, 7) is 2.59. The van der Waals surface area contributed by atoms with Crippen molar-refractivity contribution < 1.29 is 33.6 Å². The van der Waals surface area contributed by atoms with Crippen molar-refractivity contribution >= 4 is 17.4 Å². The van der Waals surface area contributed by atoms with Crippen LogP contribution in [0.25, 0.3) is 5.76 Å². The van der Waals surface area contributed by atoms with Gasteiger partial charge in [-0.05, 0) is 54.4 Å². The molecule has 3 aromatic rings. The first-order valence-electron chi connectivity index (χ1n) is 11.8. The first kappa shape index (κ1) is 25.6. The van der Waals surface area contributed by atoms with Crippen LogP contribution in [0.1, 0.15) is 29.7 Å². The van der Waals surface area contributed by atoms with Crippen molar-refractivity contribution in [3.63, 3.8) is 0 Å². The molecule has 1 saturated heterocycles. The molecule has 1 aliphatic rings. The smallest absolute Gasteiger partial charge is 0.295 e. The van der Waals surface area contributed by atoms with Crippen LogP contribution >= 0.6 is 0 Å². The van der Waals surface area contributed by atoms with Crippen LogP contribution in [0.4, 0.5) is 0 Å². The highest BCUT2D eigenvalue weighted by molar-refractivity contribution is 6.46. The number of methoxy groups -OCH3 is 3. The van der Waals surface area contributed by atoms with Gasteiger partial charge in [-0.15, -0.1) is 0 Å². The maximum absolute atomic E-state index is 13.4. The summed E-state index contributed by atoms with van der Waals surface area (Å²) < 4.78 is 21.7. The average molecular weight is 504 g/mol. The van der Waals surface area contributed by atoms with Gasteiger partial charge in [0.1, 0.15) is 34.3 Å². The van der Waals surface area contributed by atoms with E-state index in [0.29, 0.717) is 35.2 Å². The largest absolute Gasteiger partial charge is 0.506 e. The van der Waals surface area contributed by atoms with Crippen molar-refractivity contribution in [3.8, 4) is 23.0 Å². The van der Waals surface area contributed by atoms with E-state index in [0.717, 1.165) is 5.56 Å². The Morgan fingerprint density at radius 2 is 1.43 bits per heavy atom. The van der Waals surface area contributed by atoms with E-state index < -0.39 is 17.7 Å². The van der Waals surface area contributed by atoms with Gasteiger partial charge in [-0.3, -0.25) is 9.59 Å². The quantitative estimate of drug-likeness (QED) is 0.256. The number of ketones is 1. The van der Waals surface area contributed by atoms with Crippen molar-refractivity contribution in [1.82, 2.24) is 4.90 Å². The summed E-state index contributed by atoms with van der Waals surface area (Å²) >= 11 is 0. The SMILES string of the molecule is CCOc1ccc(CN2C(=O)C(=O)/C(=C(/O)c3c(OC)cccc3OC)C2c2ccc(OC)cc2)cc1. The summed E-state index contributed by atoms with van der Waals surface area (Å²) in [7, 11) is 4.47. The minimum atomic E-state index is -0.855. The normalized spacial score (nSPS) is 16.5. The highest BCUT2D eigenvalue weighted by Crippen LogP contribution is 2.44. The number of carbonyl (C=O) groups is 2. The molecular weight excluding hydrogens is 474 g/mol. The molecule has 0 bridgehead atoms. The van der Waals surface area contributed by atoms with Crippen LogP contribution in [0.3, 0.4) is 0 Å². The topological polar surface area (TPSA) is 94.5 Å². The molecule has 0 aromatic heterocycles. The predicted molar refractivity (Wildman–Crippen MR) is 138 cm³/mol. The van der Waals surface area contributed by atoms with E-state index in [9.17, 15) is 14.7 Å². The number of hydrogen-bond donors (Lipinski definition) is 1. The van der Waals surface area contributed by atoms with Crippen LogP contribution < -0.4 is 18.9 Å². The standard InChI is InChI=1S/C29H29NO7/c1-5-37-21-13-9-18(10-14-21)17-30-26(19-11-15-20(34-2)16-12-19)25(28(32)29(30)33)27(31)24-22(35-3)7-6-8-23(24)36-4/h6-16,26,31H,5,17H2,1-4H3/b27-25+. The number of nitrogens with zero attached hydrogens (tertiary/aromatic N) is 1. The molecule has 0 saturated carbocycles. The van der Waals surface area contributed by atoms with E-state index in [1.165, 1.54) is 19.1 Å². The second-order valence-electron chi connectivity index (χ2n) is 8.31. The molecular formula is C29H29NO7. The van der Waals surface area contributed by atoms with Crippen molar-refractivity contribution in [3.05, 3.63) is 89.0 Å². The van der Waals surface area contributed by atoms with E-state index in [2.05, 4.69) is 0 Å². The van der Waals surface area contributed by atoms with Gasteiger partial charge in [-0.1, -0.05) is 30.3 Å². The maximum Gasteiger partial charge on any atom is 0.295 e. The fourth-order valence-corrected chi connectivity index (χ4v) is 4.45. The van der Waals surface area contributed by atoms with Crippen LogP contribution in [0.2, 0.25) is 0 Å². The van der Waals surface area contributed by atoms with Gasteiger partial charge in [0.25, 0.3) is 11.7 Å². The molecule has 1 N–H and O–H groups in total. The van der Waals surface area contributed by atoms with Crippen molar-refractivity contribution in [1.29, 1.82) is 0 Å². The van der Waals surface area contributed by atoms with E-state index >= 15 is 0 Å². The number of aliphatic hydroxyl groups excluding tert-OH is 1. The number of rotatable bonds is 9. The highest BCUT2D eigenvalue weighted by atomic mass is 16.5. The Balaban J connectivity index is 1.86. The maximum atomic E-state index is 13.4. The van der Waals surface area contributed by atoms with Gasteiger partial charge in [-0.25, -0.2) is 0 Å². The number of likely N-dealkylation sites (tertiary alicyclic amines) is 1. The summed E-state index contributed by atoms with van der Waals surface area (Å²) in [5.74, 6) is 0.0676. The molecule has 1 atom stereocenters. The Hall–Kier alpha value is -4.46. The molecule has 8 heteroatoms. The predicted octanol–water partition coefficient (Wildman–Crippen LogP) is 4.73. The average Bonchev–Trinajstić information content (AvgIpc) is 3.18. The molecule has 0 aliphatic carbocycles. The van der Waals surface area contributed by atoms with Gasteiger partial charge in [0.15, 0.2) is 0 Å². The molecule has 192 valence electrons. The van der Waals surface area contributed by atoms with Crippen LogP contribution in [0, 0.1) is 0 Å². The van der Waals surface area contributed by atoms with Crippen molar-refractivity contribution in [2.75, 3.05) is 27.9 Å². The van der Waals surface area contributed by atoms with Gasteiger partial charge in [0.2, 0.25) is 0 Å². The van der Waals surface area contributed by atoms with E-state index in [1.54, 1.807) is 49.6 Å². The number of ether oxygens (including phenoxy) is 4. The summed E-state index contributed by atoms with van der Waals surface area (Å²) in [4.78, 5) is 28.2. The number of Topliss-reactive ketones (excluding diaryl/α,β-unsaturated/α-hetero) is 1. The van der Waals surface area contributed by atoms with Crippen LogP contribution in [0.15, 0.2) is 72.3 Å². The zero-order valence-electron chi connectivity index (χ0n) is 21.2. The molecule has 0 spiro atoms. The lowest BCUT2D eigenvalue weighted by Gasteiger charge is -2.26. The summed E-state index contributed by atoms with van der Waals surface area (Å²) in [6.07, 6.45) is 0. The third-order valence-electron chi connectivity index (χ3n) is 6.22. The van der Waals surface area contributed by atoms with E-state index in [-0.39, 0.29) is 23.4 Å². The van der Waals surface area contributed by atoms with Gasteiger partial charge in [0.05, 0.1) is 39.6 Å². The highest BCUT2D eigenvalue weighted by Gasteiger charge is 2.46. The first-order chi connectivity index (χ1) is 17.9. The van der Waals surface area contributed by atoms with Gasteiger partial charge in [0, 0.05) is 6.54 Å². The molecule has 37 heavy (non-hydrogen) atoms. The monoisotopic (exact) mass is 503 g/mol. The molecule has 0 radical (unpaired) electrons. The number of amides is 1. The van der Waals surface area contributed by atoms with Gasteiger partial charge >= 0.3 is 0 Å². The van der Waals surface area contributed by atoms with Crippen LogP contribution in [-0.4, -0.2) is 49.6 Å². The zero-order chi connectivity index (χ0) is 26.5. The van der Waals surface area contributed by atoms with Crippen LogP contribution in [-0.2, 0) is 16.1 Å². The second kappa shape index (κ2) is 11.1. The zero-order valence-corrected chi connectivity index (χ0v) is 21.2. The molecule has 3 aromatic carbocycles. The van der Waals surface area contributed by atoms with Gasteiger partial charge in [-0.2, -0.15) is 0 Å². The third-order valence-corrected chi connectivity index (χ3v) is 6.22. The second-order valence-corrected chi connectivity index (χ2v) is 8.31. The number of carbonyl (C=O) groups excluding carboxylic acids is 2. The molecule has 1 heterocycles. The molecule has 8 nitrogen and oxygen atoms in total. The minimum absolute atomic E-state index is 0.0519. The fourth-order valence-electron chi connectivity index (χ4n) is 4.45. The number of aliphatic hydroxyl groups is 1. The lowest BCUT2D eigenvalue weighted by molar-refractivity contribution is -0.140. The summed E-state index contributed by atoms with van der Waals surface area (Å²) in [6, 6.07) is 18.5. The fraction of sp³-hybridized carbons (Fsp3) is 0.241. The summed E-state index contributed by atoms with van der Waals surface area (Å²) in [5, 5.41) is 11.5. The third kappa shape index (κ3) is 4.95. The van der Waals surface area contributed by atoms with Crippen molar-refractivity contribution in [2.45, 2.75) is 19.5 Å². The molecule has 4 rings (SSSR count). The van der Waals surface area contributed by atoms with Crippen LogP contribution in [0.5, 0.6) is 23.0 Å². The number of hydrogen-bond acceptors (Lipinski definition) is 7. The summed E-state index contributed by atoms with van der Waals surface area (Å²) in [5.41, 5.74) is 1.59. The minimum Gasteiger partial charge on any atom is -0.506 e. The Morgan fingerprint density at radius 1 is 0.838 bits per heavy atom. The van der Waals surface area contributed by atoms with Gasteiger partial charge < -0.3 is 29.0 Å². The Morgan fingerprint density at radius 3 is 1.97 bits per heavy atom. The lowest BCUT2D eigenvalue weighted by Crippen LogP contribution is -2.29. The van der Waals surface area contributed by atoms with E-state index in [4.69, 9.17) is 18.9 Å². The Labute approximate surface area is 215 Å². The Kier molecular flexibility index (Phi) is 7.67. The molecule has 1 amide bonds. The molecule has 1 fully saturated rings. The Bertz CT molecular complexity index is 1290. The van der Waals surface area contributed by atoms with E-state index in [1.807, 2.05) is 31.2 Å². The molecule has 1 aliphatic heterocycles. The number of benzene rings is 3. The first-order valence-corrected chi connectivity index (χ1v) is 11.8. The molecule has 1 unspecified atom stereocenters.